The van der Waals surface area contributed by atoms with Gasteiger partial charge in [-0.3, -0.25) is 0 Å². The normalized spacial score (nSPS) is 14.6. The molecule has 2 aliphatic rings. The lowest BCUT2D eigenvalue weighted by Crippen LogP contribution is -2.26. The summed E-state index contributed by atoms with van der Waals surface area (Å²) < 4.78 is 40.4. The number of fused-ring (bicyclic) bond motifs is 4. The van der Waals surface area contributed by atoms with Crippen molar-refractivity contribution < 1.29 is 27.8 Å². The summed E-state index contributed by atoms with van der Waals surface area (Å²) in [6.07, 6.45) is -3.79. The highest BCUT2D eigenvalue weighted by molar-refractivity contribution is 5.79. The molecule has 1 amide bonds. The molecule has 1 heterocycles. The number of amides is 1. The molecule has 166 valence electrons. The van der Waals surface area contributed by atoms with Gasteiger partial charge >= 0.3 is 12.4 Å². The number of alkyl halides is 2. The van der Waals surface area contributed by atoms with Crippen molar-refractivity contribution in [3.63, 3.8) is 0 Å². The molecule has 3 aromatic rings. The smallest absolute Gasteiger partial charge is 0.449 e. The second-order valence-corrected chi connectivity index (χ2v) is 7.63. The number of hydrogen-bond donors (Lipinski definition) is 1. The second kappa shape index (κ2) is 8.47. The van der Waals surface area contributed by atoms with E-state index in [0.717, 1.165) is 11.1 Å². The molecule has 0 aromatic heterocycles. The minimum Gasteiger partial charge on any atom is -0.449 e. The third-order valence-electron chi connectivity index (χ3n) is 5.50. The number of nitrogens with one attached hydrogen (secondary N) is 1. The molecule has 0 fully saturated rings. The van der Waals surface area contributed by atoms with E-state index in [2.05, 4.69) is 50.9 Å². The number of alkyl carbamates (subject to hydrolysis) is 1. The molecule has 7 heteroatoms. The van der Waals surface area contributed by atoms with Crippen LogP contribution in [0.4, 0.5) is 13.6 Å². The summed E-state index contributed by atoms with van der Waals surface area (Å²) >= 11 is 0. The fraction of sp³-hybridized carbons (Fsp3) is 0.192. The Kier molecular flexibility index (Phi) is 5.35. The van der Waals surface area contributed by atoms with Gasteiger partial charge in [0.15, 0.2) is 11.5 Å². The van der Waals surface area contributed by atoms with Gasteiger partial charge < -0.3 is 19.5 Å². The molecule has 0 atom stereocenters. The van der Waals surface area contributed by atoms with E-state index >= 15 is 0 Å². The van der Waals surface area contributed by atoms with Crippen LogP contribution in [0, 0.1) is 11.8 Å². The van der Waals surface area contributed by atoms with E-state index in [1.54, 1.807) is 6.07 Å². The van der Waals surface area contributed by atoms with Crippen molar-refractivity contribution in [1.82, 2.24) is 5.32 Å². The predicted molar refractivity (Wildman–Crippen MR) is 117 cm³/mol. The molecule has 0 bridgehead atoms. The SMILES string of the molecule is O=C(NCCC#Cc1ccc2c(c1)OC(F)(F)O2)OCC1c2ccccc2-c2ccccc21. The molecule has 0 radical (unpaired) electrons. The molecular formula is C26H19F2NO4. The fourth-order valence-corrected chi connectivity index (χ4v) is 4.07. The topological polar surface area (TPSA) is 56.8 Å². The summed E-state index contributed by atoms with van der Waals surface area (Å²) in [5.74, 6) is 5.66. The van der Waals surface area contributed by atoms with Crippen LogP contribution in [0.15, 0.2) is 66.7 Å². The average Bonchev–Trinajstić information content (AvgIpc) is 3.29. The molecular weight excluding hydrogens is 428 g/mol. The Morgan fingerprint density at radius 1 is 0.970 bits per heavy atom. The van der Waals surface area contributed by atoms with Gasteiger partial charge in [-0.25, -0.2) is 4.79 Å². The first kappa shape index (κ1) is 20.8. The molecule has 1 N–H and O–H groups in total. The first-order valence-corrected chi connectivity index (χ1v) is 10.5. The van der Waals surface area contributed by atoms with Gasteiger partial charge in [-0.15, -0.1) is 8.78 Å². The maximum atomic E-state index is 13.1. The van der Waals surface area contributed by atoms with Gasteiger partial charge in [0.05, 0.1) is 0 Å². The van der Waals surface area contributed by atoms with Crippen molar-refractivity contribution in [3.05, 3.63) is 83.4 Å². The monoisotopic (exact) mass is 447 g/mol. The maximum absolute atomic E-state index is 13.1. The van der Waals surface area contributed by atoms with Crippen LogP contribution in [0.2, 0.25) is 0 Å². The van der Waals surface area contributed by atoms with Crippen LogP contribution in [-0.4, -0.2) is 25.5 Å². The molecule has 0 saturated heterocycles. The van der Waals surface area contributed by atoms with Crippen molar-refractivity contribution in [3.8, 4) is 34.5 Å². The summed E-state index contributed by atoms with van der Waals surface area (Å²) in [7, 11) is 0. The summed E-state index contributed by atoms with van der Waals surface area (Å²) in [6, 6.07) is 20.6. The third-order valence-corrected chi connectivity index (χ3v) is 5.50. The molecule has 1 aliphatic carbocycles. The van der Waals surface area contributed by atoms with E-state index in [9.17, 15) is 13.6 Å². The van der Waals surface area contributed by atoms with E-state index in [1.165, 1.54) is 23.3 Å². The molecule has 3 aromatic carbocycles. The van der Waals surface area contributed by atoms with Crippen molar-refractivity contribution in [2.45, 2.75) is 18.6 Å². The number of carbonyl (C=O) groups is 1. The highest BCUT2D eigenvalue weighted by atomic mass is 19.3. The molecule has 0 saturated carbocycles. The van der Waals surface area contributed by atoms with E-state index in [0.29, 0.717) is 18.5 Å². The molecule has 5 rings (SSSR count). The van der Waals surface area contributed by atoms with E-state index in [1.807, 2.05) is 24.3 Å². The fourth-order valence-electron chi connectivity index (χ4n) is 4.07. The minimum atomic E-state index is -3.65. The van der Waals surface area contributed by atoms with Crippen molar-refractivity contribution >= 4 is 6.09 Å². The van der Waals surface area contributed by atoms with Gasteiger partial charge in [0, 0.05) is 30.5 Å². The minimum absolute atomic E-state index is 0.00123. The van der Waals surface area contributed by atoms with Crippen LogP contribution in [0.3, 0.4) is 0 Å². The van der Waals surface area contributed by atoms with Gasteiger partial charge in [-0.05, 0) is 34.4 Å². The average molecular weight is 447 g/mol. The Morgan fingerprint density at radius 2 is 1.64 bits per heavy atom. The Balaban J connectivity index is 1.12. The highest BCUT2D eigenvalue weighted by Gasteiger charge is 2.43. The standard InChI is InChI=1S/C26H19F2NO4/c27-26(28)32-23-13-12-17(15-24(23)33-26)7-5-6-14-29-25(30)31-16-22-20-10-3-1-8-18(20)19-9-2-4-11-21(19)22/h1-4,8-13,15,22H,6,14,16H2,(H,29,30). The Morgan fingerprint density at radius 3 is 2.36 bits per heavy atom. The number of ether oxygens (including phenoxy) is 3. The van der Waals surface area contributed by atoms with Gasteiger partial charge in [-0.2, -0.15) is 0 Å². The van der Waals surface area contributed by atoms with Crippen molar-refractivity contribution in [2.75, 3.05) is 13.2 Å². The zero-order valence-corrected chi connectivity index (χ0v) is 17.4. The van der Waals surface area contributed by atoms with Crippen LogP contribution in [0.1, 0.15) is 29.0 Å². The number of benzene rings is 3. The summed E-state index contributed by atoms with van der Waals surface area (Å²) in [6.45, 7) is 0.541. The lowest BCUT2D eigenvalue weighted by molar-refractivity contribution is -0.286. The molecule has 1 aliphatic heterocycles. The maximum Gasteiger partial charge on any atom is 0.586 e. The second-order valence-electron chi connectivity index (χ2n) is 7.63. The number of rotatable bonds is 4. The van der Waals surface area contributed by atoms with Gasteiger partial charge in [-0.1, -0.05) is 60.4 Å². The van der Waals surface area contributed by atoms with Gasteiger partial charge in [0.25, 0.3) is 0 Å². The lowest BCUT2D eigenvalue weighted by atomic mass is 9.98. The zero-order chi connectivity index (χ0) is 22.8. The predicted octanol–water partition coefficient (Wildman–Crippen LogP) is 5.29. The van der Waals surface area contributed by atoms with E-state index < -0.39 is 12.4 Å². The number of carbonyl (C=O) groups excluding carboxylic acids is 1. The zero-order valence-electron chi connectivity index (χ0n) is 17.4. The number of halogens is 2. The quantitative estimate of drug-likeness (QED) is 0.436. The first-order chi connectivity index (χ1) is 16.0. The van der Waals surface area contributed by atoms with Crippen LogP contribution >= 0.6 is 0 Å². The first-order valence-electron chi connectivity index (χ1n) is 10.5. The van der Waals surface area contributed by atoms with Crippen LogP contribution < -0.4 is 14.8 Å². The molecule has 5 nitrogen and oxygen atoms in total. The highest BCUT2D eigenvalue weighted by Crippen LogP contribution is 2.44. The van der Waals surface area contributed by atoms with Crippen LogP contribution in [0.25, 0.3) is 11.1 Å². The van der Waals surface area contributed by atoms with E-state index in [-0.39, 0.29) is 24.0 Å². The molecule has 33 heavy (non-hydrogen) atoms. The summed E-state index contributed by atoms with van der Waals surface area (Å²) in [5.41, 5.74) is 5.16. The molecule has 0 unspecified atom stereocenters. The Hall–Kier alpha value is -4.05. The summed E-state index contributed by atoms with van der Waals surface area (Å²) in [4.78, 5) is 12.2. The van der Waals surface area contributed by atoms with Crippen molar-refractivity contribution in [2.24, 2.45) is 0 Å². The molecule has 0 spiro atoms. The van der Waals surface area contributed by atoms with Crippen molar-refractivity contribution in [1.29, 1.82) is 0 Å². The third kappa shape index (κ3) is 4.33. The van der Waals surface area contributed by atoms with Gasteiger partial charge in [0.1, 0.15) is 6.61 Å². The van der Waals surface area contributed by atoms with Crippen LogP contribution in [0.5, 0.6) is 11.5 Å². The Bertz CT molecular complexity index is 1230. The largest absolute Gasteiger partial charge is 0.586 e. The summed E-state index contributed by atoms with van der Waals surface area (Å²) in [5, 5.41) is 2.69. The van der Waals surface area contributed by atoms with Gasteiger partial charge in [0.2, 0.25) is 0 Å². The van der Waals surface area contributed by atoms with E-state index in [4.69, 9.17) is 4.74 Å². The lowest BCUT2D eigenvalue weighted by Gasteiger charge is -2.14. The number of hydrogen-bond acceptors (Lipinski definition) is 4. The Labute approximate surface area is 189 Å². The van der Waals surface area contributed by atoms with Crippen LogP contribution in [-0.2, 0) is 4.74 Å².